The van der Waals surface area contributed by atoms with Crippen molar-refractivity contribution < 1.29 is 14.3 Å². The van der Waals surface area contributed by atoms with E-state index in [1.54, 1.807) is 0 Å². The molecule has 0 saturated heterocycles. The maximum absolute atomic E-state index is 13.0. The number of esters is 1. The van der Waals surface area contributed by atoms with Crippen LogP contribution in [0.3, 0.4) is 0 Å². The molecule has 4 aliphatic carbocycles. The number of Topliss-reactive ketones (excluding diaryl/α,β-unsaturated/α-hetero) is 1. The second-order valence-corrected chi connectivity index (χ2v) is 8.88. The molecule has 4 bridgehead atoms. The van der Waals surface area contributed by atoms with Crippen molar-refractivity contribution in [2.24, 2.45) is 23.2 Å². The smallest absolute Gasteiger partial charge is 0.378 e. The van der Waals surface area contributed by atoms with Gasteiger partial charge >= 0.3 is 5.97 Å². The summed E-state index contributed by atoms with van der Waals surface area (Å²) in [6.07, 6.45) is 6.77. The number of carbonyl (C=O) groups is 2. The Bertz CT molecular complexity index is 913. The van der Waals surface area contributed by atoms with Gasteiger partial charge in [0.15, 0.2) is 12.4 Å². The molecule has 4 fully saturated rings. The number of nitrogens with zero attached hydrogens (tertiary/aromatic N) is 4. The summed E-state index contributed by atoms with van der Waals surface area (Å²) in [6.45, 7) is 3.57. The largest absolute Gasteiger partial charge is 0.452 e. The lowest BCUT2D eigenvalue weighted by Crippen LogP contribution is -2.51. The third-order valence-electron chi connectivity index (χ3n) is 6.76. The average Bonchev–Trinajstić information content (AvgIpc) is 3.02. The number of aromatic nitrogens is 4. The van der Waals surface area contributed by atoms with Gasteiger partial charge in [0.2, 0.25) is 0 Å². The Morgan fingerprint density at radius 2 is 1.74 bits per heavy atom. The van der Waals surface area contributed by atoms with Gasteiger partial charge in [-0.3, -0.25) is 4.79 Å². The van der Waals surface area contributed by atoms with Gasteiger partial charge in [0.1, 0.15) is 0 Å². The molecule has 7 nitrogen and oxygen atoms in total. The van der Waals surface area contributed by atoms with E-state index in [4.69, 9.17) is 4.74 Å². The van der Waals surface area contributed by atoms with E-state index in [1.807, 2.05) is 19.9 Å². The molecule has 2 heterocycles. The van der Waals surface area contributed by atoms with Crippen LogP contribution in [0.15, 0.2) is 6.07 Å². The van der Waals surface area contributed by atoms with Gasteiger partial charge in [-0.05, 0) is 76.2 Å². The number of hydrogen-bond acceptors (Lipinski definition) is 6. The Kier molecular flexibility index (Phi) is 3.64. The van der Waals surface area contributed by atoms with Crippen LogP contribution in [0.2, 0.25) is 0 Å². The molecular formula is C20H24N4O3. The molecule has 0 aliphatic heterocycles. The number of ketones is 1. The molecule has 7 heteroatoms. The lowest BCUT2D eigenvalue weighted by atomic mass is 9.48. The van der Waals surface area contributed by atoms with Crippen LogP contribution in [0.1, 0.15) is 60.5 Å². The highest BCUT2D eigenvalue weighted by molar-refractivity contribution is 5.91. The highest BCUT2D eigenvalue weighted by Gasteiger charge is 2.54. The van der Waals surface area contributed by atoms with Crippen molar-refractivity contribution in [3.63, 3.8) is 0 Å². The highest BCUT2D eigenvalue weighted by atomic mass is 16.5. The minimum absolute atomic E-state index is 0.0467. The Hall–Kier alpha value is -2.31. The summed E-state index contributed by atoms with van der Waals surface area (Å²) in [5.41, 5.74) is 1.40. The summed E-state index contributed by atoms with van der Waals surface area (Å²) in [6, 6.07) is 1.87. The molecule has 27 heavy (non-hydrogen) atoms. The van der Waals surface area contributed by atoms with Crippen LogP contribution in [-0.4, -0.2) is 37.9 Å². The molecule has 0 amide bonds. The zero-order valence-corrected chi connectivity index (χ0v) is 15.8. The number of aryl methyl sites for hydroxylation is 2. The standard InChI is InChI=1S/C20H24N4O3/c1-11-3-12(2)24-19(21-11)22-17(23-24)18(26)27-10-16(25)20-7-13-4-14(8-20)6-15(5-13)9-20/h3,13-15H,4-10H2,1-2H3. The van der Waals surface area contributed by atoms with Gasteiger partial charge < -0.3 is 4.74 Å². The van der Waals surface area contributed by atoms with E-state index in [9.17, 15) is 9.59 Å². The summed E-state index contributed by atoms with van der Waals surface area (Å²) in [7, 11) is 0. The quantitative estimate of drug-likeness (QED) is 0.771. The first-order valence-electron chi connectivity index (χ1n) is 9.83. The summed E-state index contributed by atoms with van der Waals surface area (Å²) in [5, 5.41) is 4.18. The first-order chi connectivity index (χ1) is 12.9. The van der Waals surface area contributed by atoms with E-state index in [0.717, 1.165) is 30.7 Å². The number of rotatable bonds is 4. The van der Waals surface area contributed by atoms with Crippen molar-refractivity contribution in [2.75, 3.05) is 6.61 Å². The van der Waals surface area contributed by atoms with E-state index < -0.39 is 5.97 Å². The van der Waals surface area contributed by atoms with Gasteiger partial charge in [-0.25, -0.2) is 14.3 Å². The van der Waals surface area contributed by atoms with Crippen molar-refractivity contribution in [3.8, 4) is 0 Å². The van der Waals surface area contributed by atoms with Crippen LogP contribution >= 0.6 is 0 Å². The lowest BCUT2D eigenvalue weighted by molar-refractivity contribution is -0.147. The van der Waals surface area contributed by atoms with Crippen LogP contribution in [-0.2, 0) is 9.53 Å². The van der Waals surface area contributed by atoms with Gasteiger partial charge in [-0.2, -0.15) is 4.98 Å². The van der Waals surface area contributed by atoms with Crippen molar-refractivity contribution in [1.29, 1.82) is 0 Å². The number of carbonyl (C=O) groups excluding carboxylic acids is 2. The molecule has 2 aromatic rings. The third kappa shape index (κ3) is 2.75. The van der Waals surface area contributed by atoms with Crippen LogP contribution in [0, 0.1) is 37.0 Å². The van der Waals surface area contributed by atoms with Crippen LogP contribution in [0.25, 0.3) is 5.78 Å². The van der Waals surface area contributed by atoms with Crippen LogP contribution < -0.4 is 0 Å². The molecule has 0 aromatic carbocycles. The Morgan fingerprint density at radius 3 is 2.37 bits per heavy atom. The van der Waals surface area contributed by atoms with E-state index in [0.29, 0.717) is 23.5 Å². The third-order valence-corrected chi connectivity index (χ3v) is 6.76. The van der Waals surface area contributed by atoms with Crippen LogP contribution in [0.4, 0.5) is 0 Å². The van der Waals surface area contributed by atoms with Crippen molar-refractivity contribution >= 4 is 17.5 Å². The topological polar surface area (TPSA) is 86.5 Å². The van der Waals surface area contributed by atoms with E-state index in [-0.39, 0.29) is 23.6 Å². The van der Waals surface area contributed by atoms with E-state index in [1.165, 1.54) is 23.8 Å². The second-order valence-electron chi connectivity index (χ2n) is 8.88. The molecule has 4 aliphatic rings. The Labute approximate surface area is 157 Å². The van der Waals surface area contributed by atoms with Gasteiger partial charge in [0.05, 0.1) is 0 Å². The second kappa shape index (κ2) is 5.84. The number of ether oxygens (including phenoxy) is 1. The minimum atomic E-state index is -0.657. The molecule has 0 unspecified atom stereocenters. The average molecular weight is 368 g/mol. The molecule has 0 spiro atoms. The summed E-state index contributed by atoms with van der Waals surface area (Å²) >= 11 is 0. The molecule has 0 N–H and O–H groups in total. The molecule has 2 aromatic heterocycles. The van der Waals surface area contributed by atoms with Gasteiger partial charge in [0.25, 0.3) is 11.6 Å². The molecular weight excluding hydrogens is 344 g/mol. The van der Waals surface area contributed by atoms with E-state index >= 15 is 0 Å². The summed E-state index contributed by atoms with van der Waals surface area (Å²) in [4.78, 5) is 33.8. The predicted octanol–water partition coefficient (Wildman–Crippen LogP) is 2.68. The molecule has 0 atom stereocenters. The SMILES string of the molecule is Cc1cc(C)n2nc(C(=O)OCC(=O)C34CC5CC(CC(C5)C3)C4)nc2n1. The van der Waals surface area contributed by atoms with Crippen molar-refractivity contribution in [3.05, 3.63) is 23.3 Å². The normalized spacial score (nSPS) is 31.4. The fourth-order valence-electron chi connectivity index (χ4n) is 6.05. The monoisotopic (exact) mass is 368 g/mol. The first-order valence-corrected chi connectivity index (χ1v) is 9.83. The molecule has 0 radical (unpaired) electrons. The van der Waals surface area contributed by atoms with Crippen LogP contribution in [0.5, 0.6) is 0 Å². The zero-order valence-electron chi connectivity index (χ0n) is 15.8. The van der Waals surface area contributed by atoms with Gasteiger partial charge in [-0.1, -0.05) is 0 Å². The zero-order chi connectivity index (χ0) is 18.8. The Morgan fingerprint density at radius 1 is 1.11 bits per heavy atom. The Balaban J connectivity index is 1.29. The fourth-order valence-corrected chi connectivity index (χ4v) is 6.05. The maximum Gasteiger partial charge on any atom is 0.378 e. The molecule has 4 saturated carbocycles. The summed E-state index contributed by atoms with van der Waals surface area (Å²) in [5.74, 6) is 1.82. The molecule has 6 rings (SSSR count). The van der Waals surface area contributed by atoms with Crippen molar-refractivity contribution in [1.82, 2.24) is 19.6 Å². The fraction of sp³-hybridized carbons (Fsp3) is 0.650. The number of hydrogen-bond donors (Lipinski definition) is 0. The first kappa shape index (κ1) is 16.8. The molecule has 142 valence electrons. The minimum Gasteiger partial charge on any atom is -0.452 e. The predicted molar refractivity (Wildman–Crippen MR) is 96.2 cm³/mol. The highest BCUT2D eigenvalue weighted by Crippen LogP contribution is 2.60. The van der Waals surface area contributed by atoms with Gasteiger partial charge in [0, 0.05) is 16.8 Å². The number of fused-ring (bicyclic) bond motifs is 1. The van der Waals surface area contributed by atoms with Crippen molar-refractivity contribution in [2.45, 2.75) is 52.4 Å². The maximum atomic E-state index is 13.0. The van der Waals surface area contributed by atoms with E-state index in [2.05, 4.69) is 15.1 Å². The van der Waals surface area contributed by atoms with Gasteiger partial charge in [-0.15, -0.1) is 5.10 Å². The summed E-state index contributed by atoms with van der Waals surface area (Å²) < 4.78 is 6.84. The lowest BCUT2D eigenvalue weighted by Gasteiger charge is -2.55.